The quantitative estimate of drug-likeness (QED) is 0.883. The molecule has 0 aliphatic heterocycles. The highest BCUT2D eigenvalue weighted by atomic mass is 16.1. The average molecular weight is 282 g/mol. The molecule has 3 heteroatoms. The van der Waals surface area contributed by atoms with Crippen molar-refractivity contribution in [2.75, 3.05) is 10.6 Å². The first-order chi connectivity index (χ1) is 9.95. The van der Waals surface area contributed by atoms with E-state index >= 15 is 0 Å². The summed E-state index contributed by atoms with van der Waals surface area (Å²) in [5, 5.41) is 6.26. The summed E-state index contributed by atoms with van der Waals surface area (Å²) in [5.41, 5.74) is 6.87. The maximum absolute atomic E-state index is 11.1. The van der Waals surface area contributed by atoms with E-state index in [2.05, 4.69) is 49.6 Å². The van der Waals surface area contributed by atoms with Crippen LogP contribution in [0, 0.1) is 20.8 Å². The molecule has 0 unspecified atom stereocenters. The van der Waals surface area contributed by atoms with E-state index in [1.54, 1.807) is 0 Å². The van der Waals surface area contributed by atoms with Crippen molar-refractivity contribution in [1.29, 1.82) is 0 Å². The Balaban J connectivity index is 2.13. The lowest BCUT2D eigenvalue weighted by atomic mass is 10.1. The molecule has 0 aliphatic carbocycles. The van der Waals surface area contributed by atoms with Crippen molar-refractivity contribution in [3.05, 3.63) is 58.7 Å². The molecule has 0 saturated carbocycles. The van der Waals surface area contributed by atoms with Gasteiger partial charge in [0.05, 0.1) is 0 Å². The SMILES string of the molecule is CC(=O)Nc1ccc(C)c(NCc2ccc(C)cc2C)c1. The van der Waals surface area contributed by atoms with Gasteiger partial charge in [0.1, 0.15) is 0 Å². The van der Waals surface area contributed by atoms with Crippen molar-refractivity contribution < 1.29 is 4.79 Å². The van der Waals surface area contributed by atoms with E-state index in [0.717, 1.165) is 23.5 Å². The van der Waals surface area contributed by atoms with Crippen LogP contribution < -0.4 is 10.6 Å². The number of aryl methyl sites for hydroxylation is 3. The van der Waals surface area contributed by atoms with Gasteiger partial charge in [-0.2, -0.15) is 0 Å². The number of hydrogen-bond acceptors (Lipinski definition) is 2. The molecule has 2 aromatic rings. The minimum atomic E-state index is -0.0563. The third-order valence-corrected chi connectivity index (χ3v) is 3.53. The van der Waals surface area contributed by atoms with Crippen LogP contribution >= 0.6 is 0 Å². The fourth-order valence-corrected chi connectivity index (χ4v) is 2.33. The first-order valence-corrected chi connectivity index (χ1v) is 7.14. The maximum Gasteiger partial charge on any atom is 0.221 e. The number of nitrogens with one attached hydrogen (secondary N) is 2. The van der Waals surface area contributed by atoms with Gasteiger partial charge < -0.3 is 10.6 Å². The Hall–Kier alpha value is -2.29. The van der Waals surface area contributed by atoms with Gasteiger partial charge in [-0.25, -0.2) is 0 Å². The molecule has 3 nitrogen and oxygen atoms in total. The van der Waals surface area contributed by atoms with E-state index in [1.807, 2.05) is 18.2 Å². The summed E-state index contributed by atoms with van der Waals surface area (Å²) in [7, 11) is 0. The highest BCUT2D eigenvalue weighted by Gasteiger charge is 2.03. The van der Waals surface area contributed by atoms with Crippen molar-refractivity contribution >= 4 is 17.3 Å². The van der Waals surface area contributed by atoms with E-state index in [0.29, 0.717) is 0 Å². The zero-order chi connectivity index (χ0) is 15.4. The van der Waals surface area contributed by atoms with E-state index < -0.39 is 0 Å². The van der Waals surface area contributed by atoms with Gasteiger partial charge in [-0.1, -0.05) is 29.8 Å². The Kier molecular flexibility index (Phi) is 4.63. The van der Waals surface area contributed by atoms with Gasteiger partial charge >= 0.3 is 0 Å². The second kappa shape index (κ2) is 6.44. The normalized spacial score (nSPS) is 10.3. The van der Waals surface area contributed by atoms with Crippen LogP contribution in [-0.2, 0) is 11.3 Å². The summed E-state index contributed by atoms with van der Waals surface area (Å²) in [5.74, 6) is -0.0563. The largest absolute Gasteiger partial charge is 0.381 e. The average Bonchev–Trinajstić information content (AvgIpc) is 2.40. The minimum Gasteiger partial charge on any atom is -0.381 e. The Bertz CT molecular complexity index is 662. The van der Waals surface area contributed by atoms with Crippen molar-refractivity contribution in [3.8, 4) is 0 Å². The maximum atomic E-state index is 11.1. The molecule has 2 rings (SSSR count). The van der Waals surface area contributed by atoms with Crippen molar-refractivity contribution in [3.63, 3.8) is 0 Å². The van der Waals surface area contributed by atoms with Gasteiger partial charge in [-0.3, -0.25) is 4.79 Å². The van der Waals surface area contributed by atoms with Crippen LogP contribution in [0.15, 0.2) is 36.4 Å². The second-order valence-corrected chi connectivity index (χ2v) is 5.49. The van der Waals surface area contributed by atoms with Crippen LogP contribution in [0.4, 0.5) is 11.4 Å². The standard InChI is InChI=1S/C18H22N2O/c1-12-5-7-16(14(3)9-12)11-19-18-10-17(20-15(4)21)8-6-13(18)2/h5-10,19H,11H2,1-4H3,(H,20,21). The molecule has 1 amide bonds. The monoisotopic (exact) mass is 282 g/mol. The number of anilines is 2. The molecule has 110 valence electrons. The molecular formula is C18H22N2O. The van der Waals surface area contributed by atoms with Crippen LogP contribution in [-0.4, -0.2) is 5.91 Å². The smallest absolute Gasteiger partial charge is 0.221 e. The fourth-order valence-electron chi connectivity index (χ4n) is 2.33. The molecule has 0 saturated heterocycles. The summed E-state index contributed by atoms with van der Waals surface area (Å²) in [4.78, 5) is 11.1. The molecule has 0 fully saturated rings. The summed E-state index contributed by atoms with van der Waals surface area (Å²) >= 11 is 0. The van der Waals surface area contributed by atoms with Crippen LogP contribution in [0.3, 0.4) is 0 Å². The van der Waals surface area contributed by atoms with Gasteiger partial charge in [0.25, 0.3) is 0 Å². The highest BCUT2D eigenvalue weighted by Crippen LogP contribution is 2.21. The van der Waals surface area contributed by atoms with Crippen LogP contribution in [0.2, 0.25) is 0 Å². The molecule has 0 heterocycles. The van der Waals surface area contributed by atoms with E-state index in [-0.39, 0.29) is 5.91 Å². The van der Waals surface area contributed by atoms with Crippen molar-refractivity contribution in [1.82, 2.24) is 0 Å². The Labute approximate surface area is 126 Å². The molecule has 0 bridgehead atoms. The Morgan fingerprint density at radius 3 is 2.43 bits per heavy atom. The molecule has 0 radical (unpaired) electrons. The molecule has 0 aromatic heterocycles. The second-order valence-electron chi connectivity index (χ2n) is 5.49. The van der Waals surface area contributed by atoms with Crippen LogP contribution in [0.5, 0.6) is 0 Å². The minimum absolute atomic E-state index is 0.0563. The number of hydrogen-bond donors (Lipinski definition) is 2. The summed E-state index contributed by atoms with van der Waals surface area (Å²) in [6.45, 7) is 8.58. The predicted molar refractivity (Wildman–Crippen MR) is 88.7 cm³/mol. The van der Waals surface area contributed by atoms with E-state index in [4.69, 9.17) is 0 Å². The molecule has 21 heavy (non-hydrogen) atoms. The Morgan fingerprint density at radius 1 is 1.00 bits per heavy atom. The van der Waals surface area contributed by atoms with Crippen LogP contribution in [0.1, 0.15) is 29.2 Å². The summed E-state index contributed by atoms with van der Waals surface area (Å²) < 4.78 is 0. The lowest BCUT2D eigenvalue weighted by Gasteiger charge is -2.13. The molecule has 2 N–H and O–H groups in total. The third kappa shape index (κ3) is 4.09. The molecule has 0 aliphatic rings. The number of carbonyl (C=O) groups excluding carboxylic acids is 1. The highest BCUT2D eigenvalue weighted by molar-refractivity contribution is 5.89. The van der Waals surface area contributed by atoms with Gasteiger partial charge in [0, 0.05) is 24.8 Å². The fraction of sp³-hybridized carbons (Fsp3) is 0.278. The molecular weight excluding hydrogens is 260 g/mol. The summed E-state index contributed by atoms with van der Waals surface area (Å²) in [6, 6.07) is 12.4. The predicted octanol–water partition coefficient (Wildman–Crippen LogP) is 4.18. The third-order valence-electron chi connectivity index (χ3n) is 3.53. The van der Waals surface area contributed by atoms with Crippen molar-refractivity contribution in [2.45, 2.75) is 34.2 Å². The molecule has 0 spiro atoms. The topological polar surface area (TPSA) is 41.1 Å². The number of carbonyl (C=O) groups is 1. The van der Waals surface area contributed by atoms with E-state index in [1.165, 1.54) is 23.6 Å². The lowest BCUT2D eigenvalue weighted by molar-refractivity contribution is -0.114. The zero-order valence-corrected chi connectivity index (χ0v) is 13.1. The van der Waals surface area contributed by atoms with Gasteiger partial charge in [0.2, 0.25) is 5.91 Å². The van der Waals surface area contributed by atoms with E-state index in [9.17, 15) is 4.79 Å². The number of amides is 1. The van der Waals surface area contributed by atoms with Crippen molar-refractivity contribution in [2.24, 2.45) is 0 Å². The first-order valence-electron chi connectivity index (χ1n) is 7.14. The van der Waals surface area contributed by atoms with Gasteiger partial charge in [-0.15, -0.1) is 0 Å². The zero-order valence-electron chi connectivity index (χ0n) is 13.1. The number of benzene rings is 2. The summed E-state index contributed by atoms with van der Waals surface area (Å²) in [6.07, 6.45) is 0. The molecule has 2 aromatic carbocycles. The van der Waals surface area contributed by atoms with Gasteiger partial charge in [-0.05, 0) is 49.6 Å². The van der Waals surface area contributed by atoms with Gasteiger partial charge in [0.15, 0.2) is 0 Å². The van der Waals surface area contributed by atoms with Crippen LogP contribution in [0.25, 0.3) is 0 Å². The molecule has 0 atom stereocenters. The number of rotatable bonds is 4. The lowest BCUT2D eigenvalue weighted by Crippen LogP contribution is -2.07. The first kappa shape index (κ1) is 15.1. The Morgan fingerprint density at radius 2 is 1.76 bits per heavy atom.